The van der Waals surface area contributed by atoms with Crippen molar-refractivity contribution in [2.75, 3.05) is 60.5 Å². The molecule has 0 heterocycles. The van der Waals surface area contributed by atoms with E-state index in [0.29, 0.717) is 32.6 Å². The Morgan fingerprint density at radius 3 is 0.932 bits per heavy atom. The lowest BCUT2D eigenvalue weighted by atomic mass is 9.94. The second kappa shape index (κ2) is 57.3. The van der Waals surface area contributed by atoms with Crippen LogP contribution in [0.25, 0.3) is 0 Å². The minimum Gasteiger partial charge on any atom is -0.465 e. The summed E-state index contributed by atoms with van der Waals surface area (Å²) < 4.78 is 18.0. The van der Waals surface area contributed by atoms with E-state index in [1.54, 1.807) is 0 Å². The average molecular weight is 1050 g/mol. The van der Waals surface area contributed by atoms with Crippen LogP contribution in [0.3, 0.4) is 0 Å². The van der Waals surface area contributed by atoms with Crippen molar-refractivity contribution in [2.24, 2.45) is 11.8 Å². The average Bonchev–Trinajstić information content (AvgIpc) is 3.38. The number of unbranched alkanes of at least 4 members (excludes halogenated alkanes) is 34. The molecule has 2 unspecified atom stereocenters. The fourth-order valence-electron chi connectivity index (χ4n) is 10.4. The summed E-state index contributed by atoms with van der Waals surface area (Å²) in [5.74, 6) is -0.0190. The van der Waals surface area contributed by atoms with Crippen molar-refractivity contribution in [3.8, 4) is 0 Å². The van der Waals surface area contributed by atoms with Gasteiger partial charge in [-0.05, 0) is 85.4 Å². The molecule has 9 nitrogen and oxygen atoms in total. The van der Waals surface area contributed by atoms with Crippen molar-refractivity contribution in [1.29, 1.82) is 0 Å². The van der Waals surface area contributed by atoms with E-state index < -0.39 is 0 Å². The molecule has 0 rings (SSSR count). The van der Waals surface area contributed by atoms with Crippen LogP contribution < -0.4 is 5.32 Å². The molecule has 0 aliphatic rings. The summed E-state index contributed by atoms with van der Waals surface area (Å²) in [6.45, 7) is 13.1. The molecule has 1 N–H and O–H groups in total. The smallest absolute Gasteiger partial charge is 0.407 e. The van der Waals surface area contributed by atoms with Gasteiger partial charge >= 0.3 is 18.0 Å². The van der Waals surface area contributed by atoms with Crippen LogP contribution in [0.4, 0.5) is 4.79 Å². The van der Waals surface area contributed by atoms with Gasteiger partial charge in [0.15, 0.2) is 0 Å². The fourth-order valence-corrected chi connectivity index (χ4v) is 10.4. The molecule has 0 spiro atoms. The minimum absolute atomic E-state index is 0.0000381. The van der Waals surface area contributed by atoms with Crippen molar-refractivity contribution in [3.05, 3.63) is 0 Å². The predicted octanol–water partition coefficient (Wildman–Crippen LogP) is 18.9. The fraction of sp³-hybridized carbons (Fsp3) is 0.954. The van der Waals surface area contributed by atoms with E-state index in [9.17, 15) is 14.4 Å². The van der Waals surface area contributed by atoms with Gasteiger partial charge < -0.3 is 29.3 Å². The van der Waals surface area contributed by atoms with Gasteiger partial charge in [0.25, 0.3) is 0 Å². The number of ether oxygens (including phenoxy) is 3. The monoisotopic (exact) mass is 1050 g/mol. The zero-order chi connectivity index (χ0) is 54.2. The molecule has 0 aromatic heterocycles. The van der Waals surface area contributed by atoms with E-state index in [1.807, 2.05) is 0 Å². The van der Waals surface area contributed by atoms with Crippen molar-refractivity contribution in [3.63, 3.8) is 0 Å². The zero-order valence-corrected chi connectivity index (χ0v) is 50.8. The Morgan fingerprint density at radius 1 is 0.351 bits per heavy atom. The Bertz CT molecular complexity index is 1120. The molecule has 0 saturated heterocycles. The van der Waals surface area contributed by atoms with Gasteiger partial charge in [-0.25, -0.2) is 4.79 Å². The molecule has 2 atom stereocenters. The third-order valence-corrected chi connectivity index (χ3v) is 15.6. The Labute approximate surface area is 461 Å². The van der Waals surface area contributed by atoms with Gasteiger partial charge in [-0.15, -0.1) is 0 Å². The highest BCUT2D eigenvalue weighted by Crippen LogP contribution is 2.24. The maximum Gasteiger partial charge on any atom is 0.407 e. The van der Waals surface area contributed by atoms with E-state index in [0.717, 1.165) is 96.7 Å². The van der Waals surface area contributed by atoms with E-state index in [2.05, 4.69) is 64.0 Å². The molecule has 74 heavy (non-hydrogen) atoms. The zero-order valence-electron chi connectivity index (χ0n) is 50.8. The van der Waals surface area contributed by atoms with Crippen molar-refractivity contribution in [2.45, 2.75) is 329 Å². The molecule has 0 bridgehead atoms. The van der Waals surface area contributed by atoms with Crippen LogP contribution in [0.1, 0.15) is 323 Å². The highest BCUT2D eigenvalue weighted by molar-refractivity contribution is 5.72. The lowest BCUT2D eigenvalue weighted by molar-refractivity contribution is -0.150. The predicted molar refractivity (Wildman–Crippen MR) is 318 cm³/mol. The van der Waals surface area contributed by atoms with Gasteiger partial charge in [-0.2, -0.15) is 0 Å². The summed E-state index contributed by atoms with van der Waals surface area (Å²) in [4.78, 5) is 44.6. The molecular weight excluding hydrogens is 919 g/mol. The molecule has 0 aliphatic heterocycles. The summed E-state index contributed by atoms with van der Waals surface area (Å²) in [6, 6.07) is 0. The molecule has 1 amide bonds. The summed E-state index contributed by atoms with van der Waals surface area (Å²) in [6.07, 6.45) is 54.1. The first-order valence-electron chi connectivity index (χ1n) is 32.8. The quantitative estimate of drug-likeness (QED) is 0.0366. The minimum atomic E-state index is -0.375. The number of amides is 1. The number of alkyl carbamates (subject to hydrolysis) is 1. The first-order valence-corrected chi connectivity index (χ1v) is 32.8. The number of hydrogen-bond acceptors (Lipinski definition) is 8. The maximum absolute atomic E-state index is 13.5. The largest absolute Gasteiger partial charge is 0.465 e. The summed E-state index contributed by atoms with van der Waals surface area (Å²) in [5, 5.41) is 2.99. The number of likely N-dealkylation sites (N-methyl/N-ethyl adjacent to an activating group) is 2. The van der Waals surface area contributed by atoms with E-state index in [4.69, 9.17) is 14.2 Å². The van der Waals surface area contributed by atoms with Crippen LogP contribution in [0.2, 0.25) is 0 Å². The van der Waals surface area contributed by atoms with Crippen molar-refractivity contribution in [1.82, 2.24) is 15.1 Å². The van der Waals surface area contributed by atoms with Gasteiger partial charge in [0, 0.05) is 26.2 Å². The van der Waals surface area contributed by atoms with Crippen molar-refractivity contribution >= 4 is 18.0 Å². The van der Waals surface area contributed by atoms with Crippen molar-refractivity contribution < 1.29 is 28.6 Å². The summed E-state index contributed by atoms with van der Waals surface area (Å²) in [5.41, 5.74) is 0. The molecule has 0 saturated carbocycles. The third kappa shape index (κ3) is 50.9. The molecular formula is C65H129N3O6. The molecule has 0 aromatic carbocycles. The number of nitrogens with zero attached hydrogens (tertiary/aromatic N) is 2. The standard InChI is InChI=1S/C65H129N3O6/c1-8-12-16-20-24-28-30-34-38-42-50-60(48-40-36-32-26-22-18-14-10-3)63(69)72-58-46-44-52-62(74-65(71)66-54-55-68(7)57-56-67(5)6)53-45-47-59-73-64(70)61(49-41-37-33-27-23-19-15-11-4)51-43-39-35-31-29-25-21-17-13-9-2/h60-62H,8-59H2,1-7H3,(H,66,71). The van der Waals surface area contributed by atoms with Gasteiger partial charge in [-0.3, -0.25) is 9.59 Å². The lowest BCUT2D eigenvalue weighted by Gasteiger charge is -2.21. The Morgan fingerprint density at radius 2 is 0.635 bits per heavy atom. The van der Waals surface area contributed by atoms with Gasteiger partial charge in [0.05, 0.1) is 25.0 Å². The summed E-state index contributed by atoms with van der Waals surface area (Å²) >= 11 is 0. The van der Waals surface area contributed by atoms with Crippen LogP contribution in [0.15, 0.2) is 0 Å². The first-order chi connectivity index (χ1) is 36.2. The van der Waals surface area contributed by atoms with E-state index in [1.165, 1.54) is 205 Å². The Kier molecular flexibility index (Phi) is 55.9. The number of nitrogens with one attached hydrogen (secondary N) is 1. The molecule has 0 fully saturated rings. The third-order valence-electron chi connectivity index (χ3n) is 15.6. The number of rotatable bonds is 59. The number of esters is 2. The number of carbonyl (C=O) groups is 3. The topological polar surface area (TPSA) is 97.4 Å². The van der Waals surface area contributed by atoms with Crippen LogP contribution >= 0.6 is 0 Å². The van der Waals surface area contributed by atoms with Gasteiger partial charge in [0.2, 0.25) is 0 Å². The molecule has 9 heteroatoms. The van der Waals surface area contributed by atoms with Crippen LogP contribution in [0.5, 0.6) is 0 Å². The highest BCUT2D eigenvalue weighted by Gasteiger charge is 2.22. The molecule has 0 aliphatic carbocycles. The molecule has 440 valence electrons. The van der Waals surface area contributed by atoms with Gasteiger partial charge in [-0.1, -0.05) is 259 Å². The Balaban J connectivity index is 5.25. The first kappa shape index (κ1) is 72.1. The second-order valence-corrected chi connectivity index (χ2v) is 23.2. The Hall–Kier alpha value is -1.87. The molecule has 0 radical (unpaired) electrons. The van der Waals surface area contributed by atoms with Crippen LogP contribution in [-0.2, 0) is 23.8 Å². The maximum atomic E-state index is 13.5. The number of carbonyl (C=O) groups excluding carboxylic acids is 3. The SMILES string of the molecule is CCCCCCCCCCCCC(CCCCCCCCCC)C(=O)OCCCCC(CCCCOC(=O)C(CCCCCCCCCC)CCCCCCCCCCCC)OC(=O)NCCN(C)CCN(C)C. The van der Waals surface area contributed by atoms with Gasteiger partial charge in [0.1, 0.15) is 6.10 Å². The highest BCUT2D eigenvalue weighted by atomic mass is 16.6. The van der Waals surface area contributed by atoms with Crippen LogP contribution in [0, 0.1) is 11.8 Å². The van der Waals surface area contributed by atoms with Crippen LogP contribution in [-0.4, -0.2) is 94.5 Å². The second-order valence-electron chi connectivity index (χ2n) is 23.2. The normalized spacial score (nSPS) is 12.9. The van der Waals surface area contributed by atoms with E-state index >= 15 is 0 Å². The lowest BCUT2D eigenvalue weighted by Crippen LogP contribution is -2.37. The van der Waals surface area contributed by atoms with E-state index in [-0.39, 0.29) is 36.0 Å². The summed E-state index contributed by atoms with van der Waals surface area (Å²) in [7, 11) is 6.22. The molecule has 0 aromatic rings. The number of hydrogen-bond donors (Lipinski definition) is 1.